The molecule has 0 N–H and O–H groups in total. The predicted octanol–water partition coefficient (Wildman–Crippen LogP) is 3.15. The van der Waals surface area contributed by atoms with Crippen LogP contribution in [0.4, 0.5) is 5.69 Å². The van der Waals surface area contributed by atoms with E-state index in [1.165, 1.54) is 25.0 Å². The number of nitrogens with zero attached hydrogens (tertiary/aromatic N) is 2. The molecule has 0 unspecified atom stereocenters. The van der Waals surface area contributed by atoms with E-state index in [9.17, 15) is 14.9 Å². The second-order valence-corrected chi connectivity index (χ2v) is 5.66. The van der Waals surface area contributed by atoms with Crippen LogP contribution >= 0.6 is 0 Å². The van der Waals surface area contributed by atoms with Crippen LogP contribution in [0.15, 0.2) is 24.3 Å². The Morgan fingerprint density at radius 3 is 2.55 bits per heavy atom. The molecule has 2 rings (SSSR count). The Bertz CT molecular complexity index is 525. The zero-order valence-corrected chi connectivity index (χ0v) is 12.9. The first-order valence-electron chi connectivity index (χ1n) is 7.71. The van der Waals surface area contributed by atoms with E-state index in [0.29, 0.717) is 0 Å². The summed E-state index contributed by atoms with van der Waals surface area (Å²) in [6, 6.07) is 6.36. The van der Waals surface area contributed by atoms with Gasteiger partial charge in [0, 0.05) is 19.2 Å². The lowest BCUT2D eigenvalue weighted by Gasteiger charge is -2.27. The van der Waals surface area contributed by atoms with E-state index in [1.807, 2.05) is 0 Å². The van der Waals surface area contributed by atoms with Gasteiger partial charge >= 0.3 is 5.69 Å². The van der Waals surface area contributed by atoms with Gasteiger partial charge in [-0.25, -0.2) is 0 Å². The molecule has 6 nitrogen and oxygen atoms in total. The summed E-state index contributed by atoms with van der Waals surface area (Å²) in [6.07, 6.45) is 6.79. The minimum atomic E-state index is -0.505. The number of rotatable bonds is 5. The molecule has 1 fully saturated rings. The quantitative estimate of drug-likeness (QED) is 0.476. The average Bonchev–Trinajstić information content (AvgIpc) is 2.81. The summed E-state index contributed by atoms with van der Waals surface area (Å²) in [7, 11) is 1.79. The highest BCUT2D eigenvalue weighted by Gasteiger charge is 2.22. The van der Waals surface area contributed by atoms with E-state index >= 15 is 0 Å². The number of nitro benzene ring substituents is 1. The highest BCUT2D eigenvalue weighted by Crippen LogP contribution is 2.26. The maximum atomic E-state index is 12.2. The molecule has 0 radical (unpaired) electrons. The first-order chi connectivity index (χ1) is 10.6. The Hall–Kier alpha value is -2.11. The zero-order chi connectivity index (χ0) is 15.9. The number of amides is 1. The van der Waals surface area contributed by atoms with Crippen LogP contribution in [-0.4, -0.2) is 35.4 Å². The van der Waals surface area contributed by atoms with E-state index in [0.717, 1.165) is 25.7 Å². The Balaban J connectivity index is 1.93. The van der Waals surface area contributed by atoms with Gasteiger partial charge in [-0.1, -0.05) is 37.8 Å². The van der Waals surface area contributed by atoms with Gasteiger partial charge in [-0.2, -0.15) is 0 Å². The van der Waals surface area contributed by atoms with Gasteiger partial charge in [0.1, 0.15) is 0 Å². The molecular weight excluding hydrogens is 284 g/mol. The van der Waals surface area contributed by atoms with Crippen molar-refractivity contribution in [3.8, 4) is 5.75 Å². The smallest absolute Gasteiger partial charge is 0.310 e. The largest absolute Gasteiger partial charge is 0.477 e. The number of benzene rings is 1. The number of hydrogen-bond acceptors (Lipinski definition) is 4. The molecular formula is C16H22N2O4. The summed E-state index contributed by atoms with van der Waals surface area (Å²) < 4.78 is 5.37. The van der Waals surface area contributed by atoms with Gasteiger partial charge in [0.05, 0.1) is 4.92 Å². The van der Waals surface area contributed by atoms with E-state index in [-0.39, 0.29) is 30.0 Å². The van der Waals surface area contributed by atoms with Gasteiger partial charge in [-0.05, 0) is 18.9 Å². The molecule has 22 heavy (non-hydrogen) atoms. The van der Waals surface area contributed by atoms with Crippen LogP contribution in [0.2, 0.25) is 0 Å². The Kier molecular flexibility index (Phi) is 5.75. The van der Waals surface area contributed by atoms with Gasteiger partial charge in [0.2, 0.25) is 0 Å². The number of para-hydroxylation sites is 2. The minimum Gasteiger partial charge on any atom is -0.477 e. The molecule has 1 aliphatic rings. The molecule has 1 aromatic carbocycles. The van der Waals surface area contributed by atoms with Crippen LogP contribution in [0.3, 0.4) is 0 Å². The van der Waals surface area contributed by atoms with Crippen LogP contribution in [0.1, 0.15) is 38.5 Å². The molecule has 6 heteroatoms. The molecule has 1 amide bonds. The van der Waals surface area contributed by atoms with E-state index in [2.05, 4.69) is 0 Å². The molecule has 1 saturated carbocycles. The molecule has 0 atom stereocenters. The van der Waals surface area contributed by atoms with Crippen LogP contribution in [-0.2, 0) is 4.79 Å². The molecule has 0 aliphatic heterocycles. The lowest BCUT2D eigenvalue weighted by atomic mass is 10.1. The van der Waals surface area contributed by atoms with Crippen molar-refractivity contribution in [3.05, 3.63) is 34.4 Å². The van der Waals surface area contributed by atoms with Crippen LogP contribution in [0.25, 0.3) is 0 Å². The maximum absolute atomic E-state index is 12.2. The average molecular weight is 306 g/mol. The molecule has 1 aromatic rings. The highest BCUT2D eigenvalue weighted by molar-refractivity contribution is 5.78. The zero-order valence-electron chi connectivity index (χ0n) is 12.9. The fourth-order valence-electron chi connectivity index (χ4n) is 2.82. The fourth-order valence-corrected chi connectivity index (χ4v) is 2.82. The van der Waals surface area contributed by atoms with Crippen LogP contribution in [0, 0.1) is 10.1 Å². The minimum absolute atomic E-state index is 0.118. The standard InChI is InChI=1S/C16H22N2O4/c1-17(13-8-4-2-3-5-9-13)16(19)12-22-15-11-7-6-10-14(15)18(20)21/h6-7,10-11,13H,2-5,8-9,12H2,1H3. The molecule has 0 bridgehead atoms. The third kappa shape index (κ3) is 4.19. The first kappa shape index (κ1) is 16.3. The SMILES string of the molecule is CN(C(=O)COc1ccccc1[N+](=O)[O-])C1CCCCCC1. The van der Waals surface area contributed by atoms with E-state index in [1.54, 1.807) is 24.1 Å². The normalized spacial score (nSPS) is 15.9. The van der Waals surface area contributed by atoms with Crippen molar-refractivity contribution < 1.29 is 14.5 Å². The molecule has 120 valence electrons. The third-order valence-electron chi connectivity index (χ3n) is 4.18. The number of nitro groups is 1. The van der Waals surface area contributed by atoms with E-state index in [4.69, 9.17) is 4.74 Å². The molecule has 0 spiro atoms. The molecule has 0 aromatic heterocycles. The van der Waals surface area contributed by atoms with Crippen molar-refractivity contribution in [2.45, 2.75) is 44.6 Å². The summed E-state index contributed by atoms with van der Waals surface area (Å²) in [5.74, 6) is 0.000155. The van der Waals surface area contributed by atoms with Crippen LogP contribution < -0.4 is 4.74 Å². The number of ether oxygens (including phenoxy) is 1. The van der Waals surface area contributed by atoms with Crippen molar-refractivity contribution >= 4 is 11.6 Å². The topological polar surface area (TPSA) is 72.7 Å². The first-order valence-corrected chi connectivity index (χ1v) is 7.71. The van der Waals surface area contributed by atoms with Gasteiger partial charge in [0.15, 0.2) is 12.4 Å². The highest BCUT2D eigenvalue weighted by atomic mass is 16.6. The van der Waals surface area contributed by atoms with Gasteiger partial charge in [-0.3, -0.25) is 14.9 Å². The van der Waals surface area contributed by atoms with Crippen molar-refractivity contribution in [1.82, 2.24) is 4.90 Å². The maximum Gasteiger partial charge on any atom is 0.310 e. The summed E-state index contributed by atoms with van der Waals surface area (Å²) in [5, 5.41) is 10.9. The van der Waals surface area contributed by atoms with Gasteiger partial charge < -0.3 is 9.64 Å². The van der Waals surface area contributed by atoms with Crippen molar-refractivity contribution in [1.29, 1.82) is 0 Å². The lowest BCUT2D eigenvalue weighted by molar-refractivity contribution is -0.385. The number of hydrogen-bond donors (Lipinski definition) is 0. The Morgan fingerprint density at radius 2 is 1.91 bits per heavy atom. The molecule has 1 aliphatic carbocycles. The Morgan fingerprint density at radius 1 is 1.27 bits per heavy atom. The number of likely N-dealkylation sites (N-methyl/N-ethyl adjacent to an activating group) is 1. The fraction of sp³-hybridized carbons (Fsp3) is 0.562. The Labute approximate surface area is 130 Å². The van der Waals surface area contributed by atoms with Gasteiger partial charge in [-0.15, -0.1) is 0 Å². The summed E-state index contributed by atoms with van der Waals surface area (Å²) in [4.78, 5) is 24.4. The summed E-state index contributed by atoms with van der Waals surface area (Å²) in [6.45, 7) is -0.169. The third-order valence-corrected chi connectivity index (χ3v) is 4.18. The van der Waals surface area contributed by atoms with Gasteiger partial charge in [0.25, 0.3) is 5.91 Å². The molecule has 0 saturated heterocycles. The predicted molar refractivity (Wildman–Crippen MR) is 82.9 cm³/mol. The number of carbonyl (C=O) groups is 1. The lowest BCUT2D eigenvalue weighted by Crippen LogP contribution is -2.39. The van der Waals surface area contributed by atoms with E-state index < -0.39 is 4.92 Å². The van der Waals surface area contributed by atoms with Crippen molar-refractivity contribution in [3.63, 3.8) is 0 Å². The monoisotopic (exact) mass is 306 g/mol. The number of carbonyl (C=O) groups excluding carboxylic acids is 1. The summed E-state index contributed by atoms with van der Waals surface area (Å²) in [5.41, 5.74) is -0.118. The second-order valence-electron chi connectivity index (χ2n) is 5.66. The summed E-state index contributed by atoms with van der Waals surface area (Å²) >= 11 is 0. The van der Waals surface area contributed by atoms with Crippen molar-refractivity contribution in [2.75, 3.05) is 13.7 Å². The van der Waals surface area contributed by atoms with Crippen LogP contribution in [0.5, 0.6) is 5.75 Å². The molecule has 0 heterocycles. The second kappa shape index (κ2) is 7.77. The van der Waals surface area contributed by atoms with Crippen molar-refractivity contribution in [2.24, 2.45) is 0 Å².